The number of hydrogen-bond acceptors (Lipinski definition) is 6. The lowest BCUT2D eigenvalue weighted by Crippen LogP contribution is -2.58. The van der Waals surface area contributed by atoms with Gasteiger partial charge in [-0.3, -0.25) is 4.79 Å². The lowest BCUT2D eigenvalue weighted by molar-refractivity contribution is -0.00173. The maximum absolute atomic E-state index is 12.7. The number of fused-ring (bicyclic) bond motifs is 2. The zero-order valence-electron chi connectivity index (χ0n) is 16.6. The van der Waals surface area contributed by atoms with Crippen LogP contribution >= 0.6 is 0 Å². The second-order valence-corrected chi connectivity index (χ2v) is 8.52. The minimum absolute atomic E-state index is 0.142. The number of nitrogens with one attached hydrogen (secondary N) is 1. The number of anilines is 2. The molecule has 1 aromatic heterocycles. The first-order valence-electron chi connectivity index (χ1n) is 10.5. The summed E-state index contributed by atoms with van der Waals surface area (Å²) in [5, 5.41) is 2.97. The molecular weight excluding hydrogens is 382 g/mol. The highest BCUT2D eigenvalue weighted by Crippen LogP contribution is 2.42. The van der Waals surface area contributed by atoms with E-state index in [1.807, 2.05) is 30.3 Å². The first kappa shape index (κ1) is 17.8. The van der Waals surface area contributed by atoms with E-state index in [0.29, 0.717) is 29.3 Å². The van der Waals surface area contributed by atoms with Crippen LogP contribution in [0.2, 0.25) is 0 Å². The number of benzene rings is 2. The normalized spacial score (nSPS) is 19.4. The molecule has 1 spiro atoms. The molecule has 0 saturated carbocycles. The van der Waals surface area contributed by atoms with Crippen LogP contribution in [0, 0.1) is 5.41 Å². The van der Waals surface area contributed by atoms with Crippen molar-refractivity contribution in [1.82, 2.24) is 4.98 Å². The van der Waals surface area contributed by atoms with Crippen molar-refractivity contribution in [2.45, 2.75) is 19.3 Å². The van der Waals surface area contributed by atoms with Crippen LogP contribution in [-0.4, -0.2) is 43.8 Å². The number of ether oxygens (including phenoxy) is 2. The average molecular weight is 405 g/mol. The molecule has 2 fully saturated rings. The van der Waals surface area contributed by atoms with Crippen molar-refractivity contribution in [3.8, 4) is 5.75 Å². The van der Waals surface area contributed by atoms with E-state index in [-0.39, 0.29) is 5.91 Å². The molecule has 3 aliphatic rings. The van der Waals surface area contributed by atoms with Crippen molar-refractivity contribution in [3.05, 3.63) is 47.5 Å². The van der Waals surface area contributed by atoms with E-state index >= 15 is 0 Å². The lowest BCUT2D eigenvalue weighted by Gasteiger charge is -2.51. The van der Waals surface area contributed by atoms with Crippen LogP contribution < -0.4 is 15.0 Å². The molecule has 0 aliphatic carbocycles. The monoisotopic (exact) mass is 405 g/mol. The molecule has 2 aromatic carbocycles. The molecule has 3 aliphatic heterocycles. The smallest absolute Gasteiger partial charge is 0.298 e. The van der Waals surface area contributed by atoms with E-state index in [9.17, 15) is 4.79 Å². The molecule has 0 atom stereocenters. The molecule has 30 heavy (non-hydrogen) atoms. The van der Waals surface area contributed by atoms with Crippen LogP contribution in [0.3, 0.4) is 0 Å². The predicted octanol–water partition coefficient (Wildman–Crippen LogP) is 3.63. The van der Waals surface area contributed by atoms with Crippen molar-refractivity contribution >= 4 is 28.7 Å². The number of hydrogen-bond donors (Lipinski definition) is 1. The van der Waals surface area contributed by atoms with Gasteiger partial charge in [0.2, 0.25) is 0 Å². The molecule has 1 N–H and O–H groups in total. The Hall–Kier alpha value is -3.06. The molecule has 3 aromatic rings. The number of amides is 1. The summed E-state index contributed by atoms with van der Waals surface area (Å²) in [6.07, 6.45) is 3.05. The van der Waals surface area contributed by atoms with Gasteiger partial charge < -0.3 is 24.1 Å². The van der Waals surface area contributed by atoms with Gasteiger partial charge in [0, 0.05) is 49.4 Å². The highest BCUT2D eigenvalue weighted by atomic mass is 16.5. The Kier molecular flexibility index (Phi) is 3.99. The van der Waals surface area contributed by atoms with Crippen LogP contribution in [0.1, 0.15) is 28.8 Å². The summed E-state index contributed by atoms with van der Waals surface area (Å²) in [5.74, 6) is 0.730. The predicted molar refractivity (Wildman–Crippen MR) is 112 cm³/mol. The number of oxazole rings is 1. The number of carbonyl (C=O) groups excluding carboxylic acids is 1. The summed E-state index contributed by atoms with van der Waals surface area (Å²) in [7, 11) is 0. The van der Waals surface area contributed by atoms with Gasteiger partial charge in [0.15, 0.2) is 5.58 Å². The zero-order valence-corrected chi connectivity index (χ0v) is 16.6. The van der Waals surface area contributed by atoms with Crippen LogP contribution in [0.4, 0.5) is 11.7 Å². The third-order valence-corrected chi connectivity index (χ3v) is 6.46. The second kappa shape index (κ2) is 6.74. The molecule has 2 saturated heterocycles. The van der Waals surface area contributed by atoms with Crippen LogP contribution in [-0.2, 0) is 11.2 Å². The molecule has 1 amide bonds. The average Bonchev–Trinajstić information content (AvgIpc) is 3.38. The number of aromatic nitrogens is 1. The van der Waals surface area contributed by atoms with Crippen LogP contribution in [0.15, 0.2) is 40.8 Å². The fourth-order valence-corrected chi connectivity index (χ4v) is 4.68. The Bertz CT molecular complexity index is 1120. The summed E-state index contributed by atoms with van der Waals surface area (Å²) >= 11 is 0. The maximum Gasteiger partial charge on any atom is 0.298 e. The van der Waals surface area contributed by atoms with Crippen LogP contribution in [0.5, 0.6) is 5.75 Å². The van der Waals surface area contributed by atoms with Gasteiger partial charge in [0.05, 0.1) is 6.61 Å². The molecule has 0 unspecified atom stereocenters. The van der Waals surface area contributed by atoms with Gasteiger partial charge in [0.25, 0.3) is 11.9 Å². The first-order valence-corrected chi connectivity index (χ1v) is 10.5. The van der Waals surface area contributed by atoms with Gasteiger partial charge in [-0.05, 0) is 54.8 Å². The van der Waals surface area contributed by atoms with Gasteiger partial charge >= 0.3 is 0 Å². The quantitative estimate of drug-likeness (QED) is 0.717. The fraction of sp³-hybridized carbons (Fsp3) is 0.391. The van der Waals surface area contributed by atoms with E-state index in [4.69, 9.17) is 13.9 Å². The van der Waals surface area contributed by atoms with Gasteiger partial charge in [-0.15, -0.1) is 0 Å². The van der Waals surface area contributed by atoms with E-state index in [2.05, 4.69) is 15.2 Å². The van der Waals surface area contributed by atoms with Gasteiger partial charge in [-0.1, -0.05) is 0 Å². The van der Waals surface area contributed by atoms with Gasteiger partial charge in [-0.25, -0.2) is 0 Å². The summed E-state index contributed by atoms with van der Waals surface area (Å²) in [5.41, 5.74) is 4.25. The fourth-order valence-electron chi connectivity index (χ4n) is 4.68. The van der Waals surface area contributed by atoms with Crippen molar-refractivity contribution in [2.24, 2.45) is 5.41 Å². The van der Waals surface area contributed by atoms with Gasteiger partial charge in [-0.2, -0.15) is 4.98 Å². The third kappa shape index (κ3) is 3.01. The standard InChI is InChI=1S/C23H23N3O4/c27-21(16-1-3-19-15(11-16)5-8-29-19)24-17-2-4-20-18(12-17)25-22(30-20)26-13-23(14-26)6-9-28-10-7-23/h1-4,11-12H,5-10,13-14H2,(H,24,27). The minimum Gasteiger partial charge on any atom is -0.493 e. The summed E-state index contributed by atoms with van der Waals surface area (Å²) in [4.78, 5) is 19.5. The highest BCUT2D eigenvalue weighted by Gasteiger charge is 2.45. The Morgan fingerprint density at radius 3 is 2.80 bits per heavy atom. The number of nitrogens with zero attached hydrogens (tertiary/aromatic N) is 2. The molecule has 4 heterocycles. The largest absolute Gasteiger partial charge is 0.493 e. The maximum atomic E-state index is 12.7. The Labute approximate surface area is 174 Å². The van der Waals surface area contributed by atoms with Crippen molar-refractivity contribution in [1.29, 1.82) is 0 Å². The molecule has 0 bridgehead atoms. The molecule has 7 heteroatoms. The van der Waals surface area contributed by atoms with E-state index < -0.39 is 0 Å². The van der Waals surface area contributed by atoms with E-state index in [1.54, 1.807) is 6.07 Å². The Morgan fingerprint density at radius 1 is 1.07 bits per heavy atom. The summed E-state index contributed by atoms with van der Waals surface area (Å²) < 4.78 is 17.0. The molecule has 0 radical (unpaired) electrons. The topological polar surface area (TPSA) is 76.8 Å². The third-order valence-electron chi connectivity index (χ3n) is 6.46. The number of carbonyl (C=O) groups is 1. The molecular formula is C23H23N3O4. The Morgan fingerprint density at radius 2 is 1.93 bits per heavy atom. The molecule has 154 valence electrons. The van der Waals surface area contributed by atoms with E-state index in [0.717, 1.165) is 68.0 Å². The number of rotatable bonds is 3. The highest BCUT2D eigenvalue weighted by molar-refractivity contribution is 6.05. The van der Waals surface area contributed by atoms with Crippen molar-refractivity contribution in [3.63, 3.8) is 0 Å². The second-order valence-electron chi connectivity index (χ2n) is 8.52. The SMILES string of the molecule is O=C(Nc1ccc2oc(N3CC4(CCOCC4)C3)nc2c1)c1ccc2c(c1)CCO2. The van der Waals surface area contributed by atoms with Gasteiger partial charge in [0.1, 0.15) is 11.3 Å². The van der Waals surface area contributed by atoms with Crippen molar-refractivity contribution in [2.75, 3.05) is 43.1 Å². The molecule has 6 rings (SSSR count). The minimum atomic E-state index is -0.142. The summed E-state index contributed by atoms with van der Waals surface area (Å²) in [6, 6.07) is 11.8. The molecule has 7 nitrogen and oxygen atoms in total. The van der Waals surface area contributed by atoms with Crippen molar-refractivity contribution < 1.29 is 18.7 Å². The summed E-state index contributed by atoms with van der Waals surface area (Å²) in [6.45, 7) is 4.31. The first-order chi connectivity index (χ1) is 14.7. The van der Waals surface area contributed by atoms with Crippen LogP contribution in [0.25, 0.3) is 11.1 Å². The zero-order chi connectivity index (χ0) is 20.1. The Balaban J connectivity index is 1.17. The van der Waals surface area contributed by atoms with E-state index in [1.165, 1.54) is 0 Å². The lowest BCUT2D eigenvalue weighted by atomic mass is 9.74.